The van der Waals surface area contributed by atoms with Crippen molar-refractivity contribution in [3.05, 3.63) is 51.2 Å². The molecular weight excluding hydrogens is 288 g/mol. The second kappa shape index (κ2) is 5.31. The minimum Gasteiger partial charge on any atom is -0.306 e. The Labute approximate surface area is 117 Å². The first-order chi connectivity index (χ1) is 9.72. The summed E-state index contributed by atoms with van der Waals surface area (Å²) in [5, 5.41) is 0. The van der Waals surface area contributed by atoms with Gasteiger partial charge in [0.05, 0.1) is 11.3 Å². The molecule has 2 aromatic rings. The zero-order valence-electron chi connectivity index (χ0n) is 11.3. The summed E-state index contributed by atoms with van der Waals surface area (Å²) < 4.78 is 51.5. The molecule has 0 radical (unpaired) electrons. The van der Waals surface area contributed by atoms with Gasteiger partial charge >= 0.3 is 6.18 Å². The molecule has 1 N–H and O–H groups in total. The van der Waals surface area contributed by atoms with Crippen LogP contribution in [0.25, 0.3) is 11.4 Å². The van der Waals surface area contributed by atoms with Gasteiger partial charge in [-0.2, -0.15) is 13.2 Å². The Kier molecular flexibility index (Phi) is 3.85. The Balaban J connectivity index is 2.65. The van der Waals surface area contributed by atoms with E-state index in [0.717, 1.165) is 12.1 Å². The van der Waals surface area contributed by atoms with Crippen molar-refractivity contribution in [3.8, 4) is 11.4 Å². The van der Waals surface area contributed by atoms with Crippen LogP contribution in [0.2, 0.25) is 0 Å². The zero-order chi connectivity index (χ0) is 15.8. The van der Waals surface area contributed by atoms with Crippen molar-refractivity contribution in [3.63, 3.8) is 0 Å². The number of aromatic nitrogens is 2. The maximum absolute atomic E-state index is 13.4. The molecule has 21 heavy (non-hydrogen) atoms. The van der Waals surface area contributed by atoms with Gasteiger partial charge in [0.1, 0.15) is 11.6 Å². The van der Waals surface area contributed by atoms with Gasteiger partial charge in [0, 0.05) is 11.1 Å². The van der Waals surface area contributed by atoms with Crippen molar-refractivity contribution in [2.24, 2.45) is 0 Å². The maximum atomic E-state index is 13.4. The van der Waals surface area contributed by atoms with Crippen LogP contribution < -0.4 is 5.56 Å². The largest absolute Gasteiger partial charge is 0.416 e. The summed E-state index contributed by atoms with van der Waals surface area (Å²) in [5.74, 6) is -1.12. The van der Waals surface area contributed by atoms with Gasteiger partial charge < -0.3 is 4.98 Å². The van der Waals surface area contributed by atoms with Crippen LogP contribution in [0.15, 0.2) is 23.0 Å². The zero-order valence-corrected chi connectivity index (χ0v) is 11.3. The number of H-pyrrole nitrogens is 1. The highest BCUT2D eigenvalue weighted by atomic mass is 19.4. The lowest BCUT2D eigenvalue weighted by atomic mass is 10.1. The molecule has 0 aliphatic heterocycles. The summed E-state index contributed by atoms with van der Waals surface area (Å²) in [6, 6.07) is 2.06. The number of hydrogen-bond donors (Lipinski definition) is 1. The molecule has 0 aliphatic rings. The van der Waals surface area contributed by atoms with Gasteiger partial charge in [0.2, 0.25) is 0 Å². The van der Waals surface area contributed by atoms with E-state index >= 15 is 0 Å². The Hall–Kier alpha value is -2.18. The number of aryl methyl sites for hydroxylation is 1. The summed E-state index contributed by atoms with van der Waals surface area (Å²) in [7, 11) is 0. The van der Waals surface area contributed by atoms with Crippen LogP contribution >= 0.6 is 0 Å². The summed E-state index contributed by atoms with van der Waals surface area (Å²) in [6.07, 6.45) is -4.22. The van der Waals surface area contributed by atoms with E-state index in [-0.39, 0.29) is 11.4 Å². The first kappa shape index (κ1) is 15.2. The molecule has 0 unspecified atom stereocenters. The lowest BCUT2D eigenvalue weighted by molar-refractivity contribution is -0.137. The average Bonchev–Trinajstić information content (AvgIpc) is 2.40. The number of hydrogen-bond acceptors (Lipinski definition) is 2. The number of halogens is 4. The van der Waals surface area contributed by atoms with Gasteiger partial charge in [-0.1, -0.05) is 6.92 Å². The topological polar surface area (TPSA) is 45.8 Å². The van der Waals surface area contributed by atoms with Gasteiger partial charge in [0.25, 0.3) is 5.56 Å². The van der Waals surface area contributed by atoms with Crippen LogP contribution in [0.4, 0.5) is 17.6 Å². The molecular formula is C14H12F4N2O. The van der Waals surface area contributed by atoms with E-state index in [0.29, 0.717) is 23.7 Å². The first-order valence-corrected chi connectivity index (χ1v) is 6.20. The predicted molar refractivity (Wildman–Crippen MR) is 69.4 cm³/mol. The number of aromatic amines is 1. The Morgan fingerprint density at radius 2 is 1.90 bits per heavy atom. The third-order valence-corrected chi connectivity index (χ3v) is 3.09. The summed E-state index contributed by atoms with van der Waals surface area (Å²) in [6.45, 7) is 3.34. The molecule has 0 amide bonds. The molecule has 0 bridgehead atoms. The van der Waals surface area contributed by atoms with Crippen molar-refractivity contribution >= 4 is 0 Å². The normalized spacial score (nSPS) is 11.7. The van der Waals surface area contributed by atoms with Crippen LogP contribution in [0.1, 0.15) is 23.7 Å². The molecule has 112 valence electrons. The number of nitrogens with one attached hydrogen (secondary N) is 1. The number of nitrogens with zero attached hydrogens (tertiary/aromatic N) is 1. The quantitative estimate of drug-likeness (QED) is 0.863. The smallest absolute Gasteiger partial charge is 0.306 e. The molecule has 2 rings (SSSR count). The van der Waals surface area contributed by atoms with Crippen LogP contribution in [-0.4, -0.2) is 9.97 Å². The molecule has 3 nitrogen and oxygen atoms in total. The fourth-order valence-electron chi connectivity index (χ4n) is 1.95. The first-order valence-electron chi connectivity index (χ1n) is 6.20. The van der Waals surface area contributed by atoms with Crippen molar-refractivity contribution < 1.29 is 17.6 Å². The van der Waals surface area contributed by atoms with Crippen molar-refractivity contribution in [2.45, 2.75) is 26.4 Å². The number of rotatable bonds is 2. The number of alkyl halides is 3. The SMILES string of the molecule is CCc1nc(-c2cc(F)cc(C(F)(F)F)c2)[nH]c(=O)c1C. The fraction of sp³-hybridized carbons (Fsp3) is 0.286. The highest BCUT2D eigenvalue weighted by Gasteiger charge is 2.31. The summed E-state index contributed by atoms with van der Waals surface area (Å²) >= 11 is 0. The van der Waals surface area contributed by atoms with Gasteiger partial charge in [-0.3, -0.25) is 4.79 Å². The van der Waals surface area contributed by atoms with Crippen molar-refractivity contribution in [2.75, 3.05) is 0 Å². The Bertz CT molecular complexity index is 735. The molecule has 0 atom stereocenters. The van der Waals surface area contributed by atoms with Crippen molar-refractivity contribution in [1.29, 1.82) is 0 Å². The van der Waals surface area contributed by atoms with E-state index in [1.165, 1.54) is 0 Å². The van der Waals surface area contributed by atoms with Crippen LogP contribution in [-0.2, 0) is 12.6 Å². The van der Waals surface area contributed by atoms with Crippen LogP contribution in [0.3, 0.4) is 0 Å². The summed E-state index contributed by atoms with van der Waals surface area (Å²) in [4.78, 5) is 18.2. The van der Waals surface area contributed by atoms with Crippen LogP contribution in [0.5, 0.6) is 0 Å². The standard InChI is InChI=1S/C14H12F4N2O/c1-3-11-7(2)13(21)20-12(19-11)8-4-9(14(16,17)18)6-10(15)5-8/h4-6H,3H2,1-2H3,(H,19,20,21). The average molecular weight is 300 g/mol. The third-order valence-electron chi connectivity index (χ3n) is 3.09. The molecule has 0 spiro atoms. The molecule has 0 saturated carbocycles. The molecule has 1 heterocycles. The molecule has 1 aromatic heterocycles. The second-order valence-corrected chi connectivity index (χ2v) is 4.57. The van der Waals surface area contributed by atoms with E-state index in [4.69, 9.17) is 0 Å². The molecule has 0 aliphatic carbocycles. The lowest BCUT2D eigenvalue weighted by Crippen LogP contribution is -2.16. The van der Waals surface area contributed by atoms with E-state index in [2.05, 4.69) is 9.97 Å². The highest BCUT2D eigenvalue weighted by molar-refractivity contribution is 5.57. The third kappa shape index (κ3) is 3.12. The molecule has 0 saturated heterocycles. The van der Waals surface area contributed by atoms with Gasteiger partial charge in [0.15, 0.2) is 0 Å². The highest BCUT2D eigenvalue weighted by Crippen LogP contribution is 2.32. The minimum absolute atomic E-state index is 0.0764. The van der Waals surface area contributed by atoms with E-state index in [1.54, 1.807) is 13.8 Å². The number of benzene rings is 1. The van der Waals surface area contributed by atoms with Crippen LogP contribution in [0, 0.1) is 12.7 Å². The molecule has 1 aromatic carbocycles. The molecule has 0 fully saturated rings. The predicted octanol–water partition coefficient (Wildman–Crippen LogP) is 3.47. The second-order valence-electron chi connectivity index (χ2n) is 4.57. The maximum Gasteiger partial charge on any atom is 0.416 e. The minimum atomic E-state index is -4.67. The monoisotopic (exact) mass is 300 g/mol. The van der Waals surface area contributed by atoms with Gasteiger partial charge in [-0.25, -0.2) is 9.37 Å². The van der Waals surface area contributed by atoms with Gasteiger partial charge in [-0.15, -0.1) is 0 Å². The Morgan fingerprint density at radius 3 is 2.48 bits per heavy atom. The van der Waals surface area contributed by atoms with Gasteiger partial charge in [-0.05, 0) is 31.5 Å². The fourth-order valence-corrected chi connectivity index (χ4v) is 1.95. The summed E-state index contributed by atoms with van der Waals surface area (Å²) in [5.41, 5.74) is -0.831. The van der Waals surface area contributed by atoms with E-state index < -0.39 is 23.1 Å². The van der Waals surface area contributed by atoms with E-state index in [1.807, 2.05) is 0 Å². The lowest BCUT2D eigenvalue weighted by Gasteiger charge is -2.10. The van der Waals surface area contributed by atoms with Crippen molar-refractivity contribution in [1.82, 2.24) is 9.97 Å². The van der Waals surface area contributed by atoms with E-state index in [9.17, 15) is 22.4 Å². The molecule has 7 heteroatoms. The Morgan fingerprint density at radius 1 is 1.24 bits per heavy atom.